The summed E-state index contributed by atoms with van der Waals surface area (Å²) in [5.74, 6) is 0.150. The molecule has 1 amide bonds. The van der Waals surface area contributed by atoms with Gasteiger partial charge in [0, 0.05) is 40.6 Å². The van der Waals surface area contributed by atoms with Gasteiger partial charge < -0.3 is 15.1 Å². The molecule has 7 rings (SSSR count). The van der Waals surface area contributed by atoms with Crippen LogP contribution in [-0.4, -0.2) is 37.9 Å². The third kappa shape index (κ3) is 4.89. The molecule has 0 unspecified atom stereocenters. The minimum Gasteiger partial charge on any atom is -0.403 e. The molecule has 1 aliphatic carbocycles. The van der Waals surface area contributed by atoms with Crippen LogP contribution < -0.4 is 10.6 Å². The van der Waals surface area contributed by atoms with Crippen molar-refractivity contribution >= 4 is 23.3 Å². The summed E-state index contributed by atoms with van der Waals surface area (Å²) in [6.45, 7) is -0.646. The fourth-order valence-corrected chi connectivity index (χ4v) is 4.86. The average Bonchev–Trinajstić information content (AvgIpc) is 3.80. The number of alkyl halides is 1. The van der Waals surface area contributed by atoms with Crippen molar-refractivity contribution in [2.24, 2.45) is 4.99 Å². The van der Waals surface area contributed by atoms with E-state index in [4.69, 9.17) is 4.42 Å². The quantitative estimate of drug-likeness (QED) is 0.253. The van der Waals surface area contributed by atoms with Crippen molar-refractivity contribution in [3.05, 3.63) is 107 Å². The second-order valence-electron chi connectivity index (χ2n) is 10.1. The van der Waals surface area contributed by atoms with Crippen LogP contribution in [0, 0.1) is 5.82 Å². The minimum absolute atomic E-state index is 0.0353. The third-order valence-electron chi connectivity index (χ3n) is 7.15. The molecular weight excluding hydrogens is 540 g/mol. The fourth-order valence-electron chi connectivity index (χ4n) is 4.86. The number of hydrogen-bond acceptors (Lipinski definition) is 8. The SMILES string of the molecule is O=C1Nc2c(F)cccc2C(c2ccccc2)=N[C@@H]1Nc1nnc(-c2ccc(CF)cc2-c2cnc(C3CC3)nc2)o1. The number of anilines is 2. The van der Waals surface area contributed by atoms with Crippen molar-refractivity contribution in [1.82, 2.24) is 20.2 Å². The van der Waals surface area contributed by atoms with Crippen molar-refractivity contribution in [3.8, 4) is 22.6 Å². The summed E-state index contributed by atoms with van der Waals surface area (Å²) in [6.07, 6.45) is 4.37. The maximum atomic E-state index is 14.8. The smallest absolute Gasteiger partial charge is 0.317 e. The number of hydrogen-bond donors (Lipinski definition) is 2. The zero-order valence-electron chi connectivity index (χ0n) is 22.1. The number of benzene rings is 3. The number of benzodiazepines with no additional fused rings is 1. The molecule has 3 heterocycles. The van der Waals surface area contributed by atoms with Crippen LogP contribution in [0.5, 0.6) is 0 Å². The van der Waals surface area contributed by atoms with Gasteiger partial charge in [-0.15, -0.1) is 5.10 Å². The van der Waals surface area contributed by atoms with Crippen LogP contribution >= 0.6 is 0 Å². The zero-order chi connectivity index (χ0) is 28.6. The summed E-state index contributed by atoms with van der Waals surface area (Å²) >= 11 is 0. The summed E-state index contributed by atoms with van der Waals surface area (Å²) in [7, 11) is 0. The van der Waals surface area contributed by atoms with Crippen LogP contribution in [0.2, 0.25) is 0 Å². The molecule has 0 bridgehead atoms. The standard InChI is InChI=1S/C31H23F2N7O2/c32-14-17-9-12-21(23(13-17)20-15-34-27(35-16-20)19-10-11-19)30-39-40-31(42-30)38-28-29(41)37-26-22(7-4-8-24(26)33)25(36-28)18-5-2-1-3-6-18/h1-9,12-13,15-16,19,28H,10-11,14H2,(H,37,41)(H,38,40)/t28-/m1/s1. The highest BCUT2D eigenvalue weighted by atomic mass is 19.1. The van der Waals surface area contributed by atoms with E-state index >= 15 is 0 Å². The van der Waals surface area contributed by atoms with E-state index in [1.165, 1.54) is 6.07 Å². The monoisotopic (exact) mass is 563 g/mol. The first-order chi connectivity index (χ1) is 20.6. The van der Waals surface area contributed by atoms with Gasteiger partial charge in [0.1, 0.15) is 18.3 Å². The van der Waals surface area contributed by atoms with Crippen molar-refractivity contribution in [2.45, 2.75) is 31.6 Å². The molecule has 208 valence electrons. The van der Waals surface area contributed by atoms with Gasteiger partial charge in [-0.05, 0) is 42.2 Å². The second-order valence-corrected chi connectivity index (χ2v) is 10.1. The van der Waals surface area contributed by atoms with Gasteiger partial charge in [-0.3, -0.25) is 4.79 Å². The lowest BCUT2D eigenvalue weighted by molar-refractivity contribution is -0.116. The Morgan fingerprint density at radius 3 is 2.48 bits per heavy atom. The van der Waals surface area contributed by atoms with Crippen LogP contribution in [-0.2, 0) is 11.5 Å². The molecule has 2 aliphatic rings. The van der Waals surface area contributed by atoms with Gasteiger partial charge in [-0.25, -0.2) is 23.7 Å². The predicted octanol–water partition coefficient (Wildman–Crippen LogP) is 5.91. The number of aromatic nitrogens is 4. The van der Waals surface area contributed by atoms with Crippen molar-refractivity contribution in [2.75, 3.05) is 10.6 Å². The molecule has 0 spiro atoms. The number of fused-ring (bicyclic) bond motifs is 1. The van der Waals surface area contributed by atoms with Crippen molar-refractivity contribution in [1.29, 1.82) is 0 Å². The molecule has 0 saturated heterocycles. The summed E-state index contributed by atoms with van der Waals surface area (Å²) < 4.78 is 34.3. The van der Waals surface area contributed by atoms with E-state index < -0.39 is 24.6 Å². The van der Waals surface area contributed by atoms with Crippen molar-refractivity contribution in [3.63, 3.8) is 0 Å². The van der Waals surface area contributed by atoms with Gasteiger partial charge in [0.25, 0.3) is 5.91 Å². The Morgan fingerprint density at radius 1 is 0.905 bits per heavy atom. The van der Waals surface area contributed by atoms with Gasteiger partial charge in [-0.1, -0.05) is 53.6 Å². The third-order valence-corrected chi connectivity index (χ3v) is 7.15. The highest BCUT2D eigenvalue weighted by molar-refractivity contribution is 6.19. The Balaban J connectivity index is 1.22. The molecule has 0 radical (unpaired) electrons. The van der Waals surface area contributed by atoms with Crippen LogP contribution in [0.1, 0.15) is 41.3 Å². The van der Waals surface area contributed by atoms with Gasteiger partial charge in [-0.2, -0.15) is 0 Å². The highest BCUT2D eigenvalue weighted by Gasteiger charge is 2.29. The number of aliphatic imine (C=N–C) groups is 1. The van der Waals surface area contributed by atoms with Gasteiger partial charge >= 0.3 is 6.01 Å². The maximum absolute atomic E-state index is 14.8. The minimum atomic E-state index is -1.21. The summed E-state index contributed by atoms with van der Waals surface area (Å²) in [5.41, 5.74) is 3.92. The highest BCUT2D eigenvalue weighted by Crippen LogP contribution is 2.39. The Hall–Kier alpha value is -5.32. The van der Waals surface area contributed by atoms with Gasteiger partial charge in [0.15, 0.2) is 0 Å². The maximum Gasteiger partial charge on any atom is 0.317 e. The molecule has 1 aliphatic heterocycles. The number of halogens is 2. The van der Waals surface area contributed by atoms with E-state index in [2.05, 4.69) is 35.8 Å². The van der Waals surface area contributed by atoms with Crippen LogP contribution in [0.25, 0.3) is 22.6 Å². The molecule has 1 atom stereocenters. The number of carbonyl (C=O) groups excluding carboxylic acids is 1. The molecule has 2 N–H and O–H groups in total. The van der Waals surface area contributed by atoms with E-state index in [1.807, 2.05) is 30.3 Å². The lowest BCUT2D eigenvalue weighted by atomic mass is 9.99. The zero-order valence-corrected chi connectivity index (χ0v) is 22.1. The molecule has 1 fully saturated rings. The molecule has 11 heteroatoms. The molecule has 2 aromatic heterocycles. The normalized spacial score (nSPS) is 16.3. The molecule has 9 nitrogen and oxygen atoms in total. The number of nitrogens with one attached hydrogen (secondary N) is 2. The van der Waals surface area contributed by atoms with E-state index in [1.54, 1.807) is 42.7 Å². The summed E-state index contributed by atoms with van der Waals surface area (Å²) in [4.78, 5) is 26.8. The number of carbonyl (C=O) groups is 1. The van der Waals surface area contributed by atoms with E-state index in [9.17, 15) is 13.6 Å². The Bertz CT molecular complexity index is 1820. The first-order valence-corrected chi connectivity index (χ1v) is 13.4. The fraction of sp³-hybridized carbons (Fsp3) is 0.161. The summed E-state index contributed by atoms with van der Waals surface area (Å²) in [6, 6.07) is 18.7. The summed E-state index contributed by atoms with van der Waals surface area (Å²) in [5, 5.41) is 13.8. The molecule has 42 heavy (non-hydrogen) atoms. The number of amides is 1. The Morgan fingerprint density at radius 2 is 1.71 bits per heavy atom. The largest absolute Gasteiger partial charge is 0.403 e. The van der Waals surface area contributed by atoms with Crippen LogP contribution in [0.15, 0.2) is 88.5 Å². The van der Waals surface area contributed by atoms with E-state index in [0.29, 0.717) is 45.0 Å². The first-order valence-electron chi connectivity index (χ1n) is 13.4. The molecule has 1 saturated carbocycles. The molecule has 3 aromatic carbocycles. The Kier molecular flexibility index (Phi) is 6.46. The van der Waals surface area contributed by atoms with Crippen molar-refractivity contribution < 1.29 is 18.0 Å². The van der Waals surface area contributed by atoms with Crippen LogP contribution in [0.4, 0.5) is 20.5 Å². The molecular formula is C31H23F2N7O2. The van der Waals surface area contributed by atoms with Gasteiger partial charge in [0.05, 0.1) is 11.4 Å². The molecule has 5 aromatic rings. The number of rotatable bonds is 7. The van der Waals surface area contributed by atoms with Crippen LogP contribution in [0.3, 0.4) is 0 Å². The van der Waals surface area contributed by atoms with E-state index in [-0.39, 0.29) is 17.6 Å². The lowest BCUT2D eigenvalue weighted by Gasteiger charge is -2.11. The number of nitrogens with zero attached hydrogens (tertiary/aromatic N) is 5. The number of para-hydroxylation sites is 1. The second kappa shape index (κ2) is 10.6. The topological polar surface area (TPSA) is 118 Å². The lowest BCUT2D eigenvalue weighted by Crippen LogP contribution is -2.32. The predicted molar refractivity (Wildman–Crippen MR) is 152 cm³/mol. The Labute approximate surface area is 238 Å². The first kappa shape index (κ1) is 25.6. The van der Waals surface area contributed by atoms with E-state index in [0.717, 1.165) is 18.7 Å². The van der Waals surface area contributed by atoms with Gasteiger partial charge in [0.2, 0.25) is 12.1 Å². The average molecular weight is 564 g/mol.